The SMILES string of the molecule is CCC(C)CNC(=O)c1ccc(C#CCO)cn1. The fourth-order valence-electron chi connectivity index (χ4n) is 1.25. The van der Waals surface area contributed by atoms with Crippen LogP contribution in [0.15, 0.2) is 18.3 Å². The van der Waals surface area contributed by atoms with Gasteiger partial charge in [0.15, 0.2) is 0 Å². The summed E-state index contributed by atoms with van der Waals surface area (Å²) in [6, 6.07) is 3.35. The molecule has 1 heterocycles. The van der Waals surface area contributed by atoms with E-state index >= 15 is 0 Å². The van der Waals surface area contributed by atoms with Gasteiger partial charge in [-0.25, -0.2) is 4.98 Å². The number of hydrogen-bond donors (Lipinski definition) is 2. The molecule has 0 spiro atoms. The van der Waals surface area contributed by atoms with E-state index in [9.17, 15) is 4.79 Å². The number of carbonyl (C=O) groups is 1. The molecule has 96 valence electrons. The molecule has 1 aromatic heterocycles. The van der Waals surface area contributed by atoms with Crippen molar-refractivity contribution < 1.29 is 9.90 Å². The molecule has 2 N–H and O–H groups in total. The summed E-state index contributed by atoms with van der Waals surface area (Å²) in [4.78, 5) is 15.8. The van der Waals surface area contributed by atoms with E-state index in [1.54, 1.807) is 12.1 Å². The van der Waals surface area contributed by atoms with Crippen molar-refractivity contribution in [2.24, 2.45) is 5.92 Å². The van der Waals surface area contributed by atoms with Crippen molar-refractivity contribution >= 4 is 5.91 Å². The Kier molecular flexibility index (Phi) is 5.89. The molecular weight excluding hydrogens is 228 g/mol. The van der Waals surface area contributed by atoms with E-state index in [4.69, 9.17) is 5.11 Å². The molecule has 0 radical (unpaired) electrons. The standard InChI is InChI=1S/C14H18N2O2/c1-3-11(2)9-16-14(18)13-7-6-12(10-15-13)5-4-8-17/h6-7,10-11,17H,3,8-9H2,1-2H3,(H,16,18). The monoisotopic (exact) mass is 246 g/mol. The molecule has 1 unspecified atom stereocenters. The minimum Gasteiger partial charge on any atom is -0.384 e. The van der Waals surface area contributed by atoms with Crippen molar-refractivity contribution in [3.63, 3.8) is 0 Å². The van der Waals surface area contributed by atoms with Gasteiger partial charge in [-0.2, -0.15) is 0 Å². The van der Waals surface area contributed by atoms with Gasteiger partial charge in [0.2, 0.25) is 0 Å². The molecule has 0 saturated carbocycles. The molecule has 0 aliphatic heterocycles. The maximum Gasteiger partial charge on any atom is 0.269 e. The highest BCUT2D eigenvalue weighted by Gasteiger charge is 2.07. The maximum absolute atomic E-state index is 11.7. The van der Waals surface area contributed by atoms with E-state index in [0.29, 0.717) is 23.7 Å². The Labute approximate surface area is 107 Å². The highest BCUT2D eigenvalue weighted by molar-refractivity contribution is 5.92. The van der Waals surface area contributed by atoms with Crippen molar-refractivity contribution in [1.29, 1.82) is 0 Å². The quantitative estimate of drug-likeness (QED) is 0.785. The lowest BCUT2D eigenvalue weighted by Gasteiger charge is -2.09. The summed E-state index contributed by atoms with van der Waals surface area (Å²) in [6.45, 7) is 4.64. The third-order valence-electron chi connectivity index (χ3n) is 2.62. The van der Waals surface area contributed by atoms with E-state index in [1.807, 2.05) is 0 Å². The van der Waals surface area contributed by atoms with Crippen LogP contribution in [-0.2, 0) is 0 Å². The van der Waals surface area contributed by atoms with Crippen molar-refractivity contribution in [2.75, 3.05) is 13.2 Å². The maximum atomic E-state index is 11.7. The molecule has 4 nitrogen and oxygen atoms in total. The molecule has 1 amide bonds. The summed E-state index contributed by atoms with van der Waals surface area (Å²) in [6.07, 6.45) is 2.56. The lowest BCUT2D eigenvalue weighted by molar-refractivity contribution is 0.0943. The number of hydrogen-bond acceptors (Lipinski definition) is 3. The van der Waals surface area contributed by atoms with E-state index in [-0.39, 0.29) is 12.5 Å². The molecule has 0 bridgehead atoms. The summed E-state index contributed by atoms with van der Waals surface area (Å²) in [5, 5.41) is 11.4. The number of carbonyl (C=O) groups excluding carboxylic acids is 1. The first-order valence-electron chi connectivity index (χ1n) is 6.01. The smallest absolute Gasteiger partial charge is 0.269 e. The fourth-order valence-corrected chi connectivity index (χ4v) is 1.25. The van der Waals surface area contributed by atoms with Gasteiger partial charge in [-0.3, -0.25) is 4.79 Å². The average Bonchev–Trinajstić information content (AvgIpc) is 2.42. The van der Waals surface area contributed by atoms with E-state index in [0.717, 1.165) is 6.42 Å². The van der Waals surface area contributed by atoms with Gasteiger partial charge in [-0.15, -0.1) is 0 Å². The van der Waals surface area contributed by atoms with Gasteiger partial charge >= 0.3 is 0 Å². The molecule has 4 heteroatoms. The number of nitrogens with zero attached hydrogens (tertiary/aromatic N) is 1. The third kappa shape index (κ3) is 4.56. The zero-order chi connectivity index (χ0) is 13.4. The minimum absolute atomic E-state index is 0.169. The second kappa shape index (κ2) is 7.46. The van der Waals surface area contributed by atoms with Gasteiger partial charge in [-0.1, -0.05) is 32.1 Å². The number of rotatable bonds is 4. The Hall–Kier alpha value is -1.86. The fraction of sp³-hybridized carbons (Fsp3) is 0.429. The number of pyridine rings is 1. The lowest BCUT2D eigenvalue weighted by atomic mass is 10.1. The highest BCUT2D eigenvalue weighted by Crippen LogP contribution is 2.01. The summed E-state index contributed by atoms with van der Waals surface area (Å²) >= 11 is 0. The second-order valence-corrected chi connectivity index (χ2v) is 4.12. The van der Waals surface area contributed by atoms with Crippen LogP contribution in [0.1, 0.15) is 36.3 Å². The van der Waals surface area contributed by atoms with Crippen molar-refractivity contribution in [2.45, 2.75) is 20.3 Å². The van der Waals surface area contributed by atoms with Crippen LogP contribution < -0.4 is 5.32 Å². The number of nitrogens with one attached hydrogen (secondary N) is 1. The van der Waals surface area contributed by atoms with Crippen LogP contribution >= 0.6 is 0 Å². The average molecular weight is 246 g/mol. The lowest BCUT2D eigenvalue weighted by Crippen LogP contribution is -2.28. The van der Waals surface area contributed by atoms with Crippen LogP contribution in [0.2, 0.25) is 0 Å². The Bertz CT molecular complexity index is 443. The molecule has 1 atom stereocenters. The van der Waals surface area contributed by atoms with Crippen LogP contribution in [0.3, 0.4) is 0 Å². The molecule has 1 rings (SSSR count). The molecule has 0 aliphatic rings. The Balaban J connectivity index is 2.59. The van der Waals surface area contributed by atoms with Crippen LogP contribution in [0, 0.1) is 17.8 Å². The molecule has 0 aromatic carbocycles. The van der Waals surface area contributed by atoms with E-state index in [2.05, 4.69) is 36.0 Å². The topological polar surface area (TPSA) is 62.2 Å². The zero-order valence-electron chi connectivity index (χ0n) is 10.7. The van der Waals surface area contributed by atoms with E-state index in [1.165, 1.54) is 6.20 Å². The van der Waals surface area contributed by atoms with Crippen LogP contribution in [0.4, 0.5) is 0 Å². The number of aliphatic hydroxyl groups excluding tert-OH is 1. The summed E-state index contributed by atoms with van der Waals surface area (Å²) < 4.78 is 0. The predicted octanol–water partition coefficient (Wildman–Crippen LogP) is 1.20. The van der Waals surface area contributed by atoms with Gasteiger partial charge in [0.25, 0.3) is 5.91 Å². The molecule has 0 fully saturated rings. The van der Waals surface area contributed by atoms with Gasteiger partial charge in [0.05, 0.1) is 0 Å². The molecule has 0 saturated heterocycles. The van der Waals surface area contributed by atoms with Crippen molar-refractivity contribution in [3.05, 3.63) is 29.6 Å². The van der Waals surface area contributed by atoms with Gasteiger partial charge in [-0.05, 0) is 18.1 Å². The summed E-state index contributed by atoms with van der Waals surface area (Å²) in [7, 11) is 0. The van der Waals surface area contributed by atoms with E-state index < -0.39 is 0 Å². The molecule has 1 aromatic rings. The Morgan fingerprint density at radius 2 is 2.33 bits per heavy atom. The molecule has 0 aliphatic carbocycles. The van der Waals surface area contributed by atoms with Gasteiger partial charge in [0.1, 0.15) is 12.3 Å². The first-order chi connectivity index (χ1) is 8.67. The Morgan fingerprint density at radius 1 is 1.56 bits per heavy atom. The number of aromatic nitrogens is 1. The van der Waals surface area contributed by atoms with Gasteiger partial charge < -0.3 is 10.4 Å². The Morgan fingerprint density at radius 3 is 2.89 bits per heavy atom. The molecule has 18 heavy (non-hydrogen) atoms. The second-order valence-electron chi connectivity index (χ2n) is 4.12. The number of aliphatic hydroxyl groups is 1. The predicted molar refractivity (Wildman–Crippen MR) is 70.0 cm³/mol. The van der Waals surface area contributed by atoms with Gasteiger partial charge in [0, 0.05) is 18.3 Å². The normalized spacial score (nSPS) is 11.3. The van der Waals surface area contributed by atoms with Crippen molar-refractivity contribution in [3.8, 4) is 11.8 Å². The first kappa shape index (κ1) is 14.2. The molecular formula is C14H18N2O2. The van der Waals surface area contributed by atoms with Crippen LogP contribution in [0.25, 0.3) is 0 Å². The van der Waals surface area contributed by atoms with Crippen LogP contribution in [-0.4, -0.2) is 29.1 Å². The highest BCUT2D eigenvalue weighted by atomic mass is 16.2. The summed E-state index contributed by atoms with van der Waals surface area (Å²) in [5.41, 5.74) is 1.07. The minimum atomic E-state index is -0.183. The summed E-state index contributed by atoms with van der Waals surface area (Å²) in [5.74, 6) is 5.54. The zero-order valence-corrected chi connectivity index (χ0v) is 10.7. The van der Waals surface area contributed by atoms with Crippen molar-refractivity contribution in [1.82, 2.24) is 10.3 Å². The largest absolute Gasteiger partial charge is 0.384 e. The van der Waals surface area contributed by atoms with Crippen LogP contribution in [0.5, 0.6) is 0 Å². The number of amides is 1. The third-order valence-corrected chi connectivity index (χ3v) is 2.62. The first-order valence-corrected chi connectivity index (χ1v) is 6.01.